The lowest BCUT2D eigenvalue weighted by Gasteiger charge is -2.08. The van der Waals surface area contributed by atoms with Gasteiger partial charge in [-0.1, -0.05) is 26.0 Å². The summed E-state index contributed by atoms with van der Waals surface area (Å²) in [5, 5.41) is 10.7. The van der Waals surface area contributed by atoms with Crippen molar-refractivity contribution in [2.24, 2.45) is 16.6 Å². The molecule has 0 fully saturated rings. The Bertz CT molecular complexity index is 421. The zero-order chi connectivity index (χ0) is 15.0. The quantitative estimate of drug-likeness (QED) is 0.391. The van der Waals surface area contributed by atoms with Gasteiger partial charge in [-0.2, -0.15) is 0 Å². The number of nitrogens with one attached hydrogen (secondary N) is 2. The molecule has 0 aromatic carbocycles. The number of hydrogen-bond donors (Lipinski definition) is 3. The van der Waals surface area contributed by atoms with Crippen LogP contribution in [0.4, 0.5) is 0 Å². The molecule has 4 nitrogen and oxygen atoms in total. The Labute approximate surface area is 116 Å². The molecule has 106 valence electrons. The summed E-state index contributed by atoms with van der Waals surface area (Å²) in [6.45, 7) is 14.2. The largest absolute Gasteiger partial charge is 0.402 e. The summed E-state index contributed by atoms with van der Waals surface area (Å²) in [5.74, 6) is 0.549. The van der Waals surface area contributed by atoms with Crippen molar-refractivity contribution in [3.63, 3.8) is 0 Å². The summed E-state index contributed by atoms with van der Waals surface area (Å²) in [4.78, 5) is 4.45. The summed E-state index contributed by atoms with van der Waals surface area (Å²) < 4.78 is 0. The van der Waals surface area contributed by atoms with Crippen molar-refractivity contribution in [3.8, 4) is 0 Å². The number of hydrogen-bond acceptors (Lipinski definition) is 3. The lowest BCUT2D eigenvalue weighted by atomic mass is 10.1. The van der Waals surface area contributed by atoms with E-state index in [4.69, 9.17) is 11.1 Å². The molecule has 0 atom stereocenters. The fourth-order valence-corrected chi connectivity index (χ4v) is 1.21. The molecule has 0 heterocycles. The van der Waals surface area contributed by atoms with E-state index < -0.39 is 0 Å². The highest BCUT2D eigenvalue weighted by molar-refractivity contribution is 5.95. The molecule has 0 spiro atoms. The van der Waals surface area contributed by atoms with Gasteiger partial charge in [-0.25, -0.2) is 0 Å². The maximum atomic E-state index is 7.76. The van der Waals surface area contributed by atoms with E-state index >= 15 is 0 Å². The van der Waals surface area contributed by atoms with Crippen LogP contribution in [0.15, 0.2) is 40.7 Å². The Morgan fingerprint density at radius 2 is 1.95 bits per heavy atom. The van der Waals surface area contributed by atoms with Crippen molar-refractivity contribution < 1.29 is 0 Å². The Morgan fingerprint density at radius 3 is 2.37 bits per heavy atom. The van der Waals surface area contributed by atoms with Crippen molar-refractivity contribution in [3.05, 3.63) is 35.7 Å². The van der Waals surface area contributed by atoms with Gasteiger partial charge >= 0.3 is 0 Å². The van der Waals surface area contributed by atoms with Crippen molar-refractivity contribution in [2.45, 2.75) is 34.6 Å². The molecular weight excluding hydrogens is 236 g/mol. The number of rotatable bonds is 6. The summed E-state index contributed by atoms with van der Waals surface area (Å²) in [5.41, 5.74) is 9.39. The second-order valence-corrected chi connectivity index (χ2v) is 5.00. The number of nitrogens with zero attached hydrogens (tertiary/aromatic N) is 1. The number of nitrogens with two attached hydrogens (primary N) is 1. The van der Waals surface area contributed by atoms with E-state index in [9.17, 15) is 0 Å². The minimum atomic E-state index is 0.245. The zero-order valence-electron chi connectivity index (χ0n) is 12.7. The maximum Gasteiger partial charge on any atom is 0.120 e. The predicted molar refractivity (Wildman–Crippen MR) is 84.5 cm³/mol. The summed E-state index contributed by atoms with van der Waals surface area (Å²) in [6, 6.07) is 0. The Hall–Kier alpha value is -1.84. The van der Waals surface area contributed by atoms with Gasteiger partial charge in [0.25, 0.3) is 0 Å². The van der Waals surface area contributed by atoms with Crippen LogP contribution in [0.25, 0.3) is 0 Å². The normalized spacial score (nSPS) is 12.3. The van der Waals surface area contributed by atoms with Crippen LogP contribution in [-0.4, -0.2) is 18.1 Å². The molecule has 0 amide bonds. The minimum Gasteiger partial charge on any atom is -0.402 e. The van der Waals surface area contributed by atoms with E-state index in [1.165, 1.54) is 0 Å². The highest BCUT2D eigenvalue weighted by Gasteiger charge is 2.00. The van der Waals surface area contributed by atoms with E-state index in [1.807, 2.05) is 34.6 Å². The SMILES string of the molecule is C=CC(/N=C(/C)CNC(=N)/C=C(\N)C(C)C)=C(C)C. The average molecular weight is 262 g/mol. The monoisotopic (exact) mass is 262 g/mol. The minimum absolute atomic E-state index is 0.245. The summed E-state index contributed by atoms with van der Waals surface area (Å²) in [7, 11) is 0. The standard InChI is InChI=1S/C15H26N4/c1-7-14(11(4)5)19-12(6)9-18-15(17)8-13(16)10(2)3/h7-8,10H,1,9,16H2,2-6H3,(H2,17,18)/b13-8-,19-12-. The maximum absolute atomic E-state index is 7.76. The number of amidine groups is 1. The molecule has 0 aromatic rings. The molecule has 0 radical (unpaired) electrons. The van der Waals surface area contributed by atoms with Crippen LogP contribution in [0.3, 0.4) is 0 Å². The van der Waals surface area contributed by atoms with E-state index in [0.29, 0.717) is 18.1 Å². The van der Waals surface area contributed by atoms with Gasteiger partial charge in [0.2, 0.25) is 0 Å². The van der Waals surface area contributed by atoms with Crippen molar-refractivity contribution in [2.75, 3.05) is 6.54 Å². The van der Waals surface area contributed by atoms with Crippen molar-refractivity contribution >= 4 is 11.5 Å². The van der Waals surface area contributed by atoms with Gasteiger partial charge in [-0.3, -0.25) is 10.4 Å². The molecule has 0 saturated heterocycles. The molecule has 0 saturated carbocycles. The second-order valence-electron chi connectivity index (χ2n) is 5.00. The fraction of sp³-hybridized carbons (Fsp3) is 0.467. The van der Waals surface area contributed by atoms with Crippen LogP contribution in [0.2, 0.25) is 0 Å². The molecule has 19 heavy (non-hydrogen) atoms. The number of allylic oxidation sites excluding steroid dienone is 3. The third-order valence-corrected chi connectivity index (χ3v) is 2.53. The van der Waals surface area contributed by atoms with Gasteiger partial charge < -0.3 is 11.1 Å². The number of aliphatic imine (C=N–C) groups is 1. The first kappa shape index (κ1) is 17.2. The third kappa shape index (κ3) is 7.24. The van der Waals surface area contributed by atoms with Crippen molar-refractivity contribution in [1.82, 2.24) is 5.32 Å². The molecule has 4 N–H and O–H groups in total. The summed E-state index contributed by atoms with van der Waals surface area (Å²) in [6.07, 6.45) is 3.38. The predicted octanol–water partition coefficient (Wildman–Crippen LogP) is 2.99. The summed E-state index contributed by atoms with van der Waals surface area (Å²) >= 11 is 0. The van der Waals surface area contributed by atoms with E-state index in [2.05, 4.69) is 16.9 Å². The lowest BCUT2D eigenvalue weighted by Crippen LogP contribution is -2.27. The van der Waals surface area contributed by atoms with Crippen LogP contribution >= 0.6 is 0 Å². The third-order valence-electron chi connectivity index (χ3n) is 2.53. The van der Waals surface area contributed by atoms with E-state index in [-0.39, 0.29) is 5.92 Å². The smallest absolute Gasteiger partial charge is 0.120 e. The van der Waals surface area contributed by atoms with Crippen LogP contribution < -0.4 is 11.1 Å². The van der Waals surface area contributed by atoms with Crippen molar-refractivity contribution in [1.29, 1.82) is 5.41 Å². The van der Waals surface area contributed by atoms with Gasteiger partial charge in [0.1, 0.15) is 5.84 Å². The highest BCUT2D eigenvalue weighted by Crippen LogP contribution is 2.06. The molecule has 0 unspecified atom stereocenters. The molecule has 0 aliphatic carbocycles. The van der Waals surface area contributed by atoms with Crippen LogP contribution in [0, 0.1) is 11.3 Å². The van der Waals surface area contributed by atoms with Gasteiger partial charge in [0.15, 0.2) is 0 Å². The fourth-order valence-electron chi connectivity index (χ4n) is 1.21. The van der Waals surface area contributed by atoms with E-state index in [0.717, 1.165) is 17.0 Å². The Morgan fingerprint density at radius 1 is 1.37 bits per heavy atom. The van der Waals surface area contributed by atoms with Crippen LogP contribution in [0.1, 0.15) is 34.6 Å². The molecule has 0 aliphatic heterocycles. The first-order valence-electron chi connectivity index (χ1n) is 6.41. The first-order valence-corrected chi connectivity index (χ1v) is 6.41. The molecule has 0 rings (SSSR count). The topological polar surface area (TPSA) is 74.3 Å². The van der Waals surface area contributed by atoms with E-state index in [1.54, 1.807) is 12.2 Å². The Kier molecular flexibility index (Phi) is 7.49. The average Bonchev–Trinajstić information content (AvgIpc) is 2.32. The molecule has 4 heteroatoms. The van der Waals surface area contributed by atoms with Gasteiger partial charge in [0.05, 0.1) is 12.2 Å². The van der Waals surface area contributed by atoms with Crippen LogP contribution in [0.5, 0.6) is 0 Å². The van der Waals surface area contributed by atoms with Gasteiger partial charge in [0, 0.05) is 11.4 Å². The molecule has 0 aliphatic rings. The van der Waals surface area contributed by atoms with Gasteiger partial charge in [-0.05, 0) is 38.8 Å². The highest BCUT2D eigenvalue weighted by atomic mass is 14.9. The lowest BCUT2D eigenvalue weighted by molar-refractivity contribution is 0.757. The van der Waals surface area contributed by atoms with Crippen LogP contribution in [-0.2, 0) is 0 Å². The molecule has 0 bridgehead atoms. The zero-order valence-corrected chi connectivity index (χ0v) is 12.7. The van der Waals surface area contributed by atoms with Gasteiger partial charge in [-0.15, -0.1) is 0 Å². The Balaban J connectivity index is 4.55. The molecule has 0 aromatic heterocycles. The second kappa shape index (κ2) is 8.29. The first-order chi connectivity index (χ1) is 8.77. The molecular formula is C15H26N4.